The summed E-state index contributed by atoms with van der Waals surface area (Å²) in [5.74, 6) is -3.33. The van der Waals surface area contributed by atoms with E-state index >= 15 is 0 Å². The summed E-state index contributed by atoms with van der Waals surface area (Å²) in [4.78, 5) is 67.1. The molecule has 0 saturated carbocycles. The van der Waals surface area contributed by atoms with Gasteiger partial charge in [0.2, 0.25) is 17.7 Å². The highest BCUT2D eigenvalue weighted by molar-refractivity contribution is 5.94. The summed E-state index contributed by atoms with van der Waals surface area (Å²) < 4.78 is 0. The predicted molar refractivity (Wildman–Crippen MR) is 183 cm³/mol. The van der Waals surface area contributed by atoms with Gasteiger partial charge in [-0.2, -0.15) is 0 Å². The predicted octanol–water partition coefficient (Wildman–Crippen LogP) is 3.69. The molecule has 3 amide bonds. The van der Waals surface area contributed by atoms with Crippen molar-refractivity contribution in [3.8, 4) is 0 Å². The van der Waals surface area contributed by atoms with Crippen LogP contribution in [-0.2, 0) is 24.0 Å². The molecule has 0 radical (unpaired) electrons. The molecule has 12 heteroatoms. The number of Topliss-reactive ketones (excluding diaryl/α,β-unsaturated/α-hetero) is 2. The summed E-state index contributed by atoms with van der Waals surface area (Å²) >= 11 is 0. The molecule has 0 aromatic heterocycles. The Labute approximate surface area is 276 Å². The fourth-order valence-corrected chi connectivity index (χ4v) is 5.38. The number of unbranched alkanes of at least 4 members (excludes halogenated alkanes) is 12. The van der Waals surface area contributed by atoms with E-state index in [1.807, 2.05) is 0 Å². The number of nitrogens with one attached hydrogen (secondary N) is 2. The average molecular weight is 653 g/mol. The van der Waals surface area contributed by atoms with Gasteiger partial charge >= 0.3 is 0 Å². The summed E-state index contributed by atoms with van der Waals surface area (Å²) in [7, 11) is 0. The molecule has 0 saturated heterocycles. The van der Waals surface area contributed by atoms with Crippen molar-refractivity contribution in [3.05, 3.63) is 0 Å². The number of nitrogens with two attached hydrogens (primary N) is 3. The molecule has 0 unspecified atom stereocenters. The smallest absolute Gasteiger partial charge is 0.224 e. The van der Waals surface area contributed by atoms with Crippen molar-refractivity contribution >= 4 is 35.2 Å². The first-order valence-corrected chi connectivity index (χ1v) is 17.6. The molecule has 9 N–H and O–H groups in total. The highest BCUT2D eigenvalue weighted by atomic mass is 16.3. The van der Waals surface area contributed by atoms with Crippen LogP contribution in [0.3, 0.4) is 0 Å². The zero-order chi connectivity index (χ0) is 34.7. The molecule has 0 spiro atoms. The topological polar surface area (TPSA) is 220 Å². The van der Waals surface area contributed by atoms with Crippen LogP contribution >= 0.6 is 0 Å². The van der Waals surface area contributed by atoms with Crippen LogP contribution in [0.4, 0.5) is 0 Å². The molecule has 12 nitrogen and oxygen atoms in total. The van der Waals surface area contributed by atoms with E-state index in [1.54, 1.807) is 6.92 Å². The summed E-state index contributed by atoms with van der Waals surface area (Å²) in [5.41, 5.74) is 16.1. The standard InChI is InChI=1S/C34H64N6O6/c1-4-6-7-8-9-10-11-12-13-14-15-16-17-20-31(45)39-27(19-18-23-38-34(36)37)29(43)24-26(21-22-30(35)44)33(46)40-32(25(3)41)28(42)5-2/h25-27,32,41H,4-24H2,1-3H3,(H2,35,44)(H,39,45)(H,40,46)(H4,36,37,38)/t25-,26-,27+,32+/m1/s1. The first-order valence-electron chi connectivity index (χ1n) is 17.6. The first kappa shape index (κ1) is 43.0. The van der Waals surface area contributed by atoms with Gasteiger partial charge in [-0.3, -0.25) is 29.0 Å². The highest BCUT2D eigenvalue weighted by Gasteiger charge is 2.31. The number of hydrogen-bond donors (Lipinski definition) is 6. The second kappa shape index (κ2) is 27.1. The lowest BCUT2D eigenvalue weighted by Crippen LogP contribution is -2.50. The number of carbonyl (C=O) groups is 5. The molecule has 4 atom stereocenters. The zero-order valence-electron chi connectivity index (χ0n) is 28.8. The maximum Gasteiger partial charge on any atom is 0.224 e. The minimum absolute atomic E-state index is 0.0205. The lowest BCUT2D eigenvalue weighted by Gasteiger charge is -2.25. The number of nitrogens with zero attached hydrogens (tertiary/aromatic N) is 1. The molecule has 0 aliphatic heterocycles. The van der Waals surface area contributed by atoms with Crippen molar-refractivity contribution in [1.29, 1.82) is 0 Å². The zero-order valence-corrected chi connectivity index (χ0v) is 28.8. The van der Waals surface area contributed by atoms with E-state index in [2.05, 4.69) is 22.5 Å². The summed E-state index contributed by atoms with van der Waals surface area (Å²) in [5, 5.41) is 15.4. The van der Waals surface area contributed by atoms with Crippen molar-refractivity contribution in [2.24, 2.45) is 28.1 Å². The Morgan fingerprint density at radius 2 is 1.24 bits per heavy atom. The van der Waals surface area contributed by atoms with Crippen LogP contribution in [0, 0.1) is 5.92 Å². The molecule has 0 bridgehead atoms. The van der Waals surface area contributed by atoms with E-state index in [1.165, 1.54) is 64.7 Å². The van der Waals surface area contributed by atoms with Crippen LogP contribution in [-0.4, -0.2) is 65.1 Å². The molecule has 0 aromatic carbocycles. The minimum atomic E-state index is -1.14. The average Bonchev–Trinajstić information content (AvgIpc) is 3.00. The second-order valence-corrected chi connectivity index (χ2v) is 12.5. The van der Waals surface area contributed by atoms with Crippen molar-refractivity contribution in [2.45, 2.75) is 167 Å². The summed E-state index contributed by atoms with van der Waals surface area (Å²) in [6, 6.07) is -2.02. The second-order valence-electron chi connectivity index (χ2n) is 12.5. The molecule has 0 aliphatic rings. The van der Waals surface area contributed by atoms with Gasteiger partial charge in [0.1, 0.15) is 6.04 Å². The van der Waals surface area contributed by atoms with Gasteiger partial charge in [-0.25, -0.2) is 0 Å². The number of carbonyl (C=O) groups excluding carboxylic acids is 5. The van der Waals surface area contributed by atoms with Gasteiger partial charge in [-0.15, -0.1) is 0 Å². The van der Waals surface area contributed by atoms with Crippen LogP contribution in [0.2, 0.25) is 0 Å². The molecule has 46 heavy (non-hydrogen) atoms. The first-order chi connectivity index (χ1) is 21.9. The van der Waals surface area contributed by atoms with Gasteiger partial charge in [-0.05, 0) is 32.6 Å². The number of rotatable bonds is 30. The van der Waals surface area contributed by atoms with Gasteiger partial charge in [0.25, 0.3) is 0 Å². The summed E-state index contributed by atoms with van der Waals surface area (Å²) in [6.07, 6.45) is 15.0. The van der Waals surface area contributed by atoms with Gasteiger partial charge in [-0.1, -0.05) is 90.9 Å². The maximum atomic E-state index is 13.5. The number of amides is 3. The minimum Gasteiger partial charge on any atom is -0.391 e. The van der Waals surface area contributed by atoms with Gasteiger partial charge in [0, 0.05) is 38.1 Å². The van der Waals surface area contributed by atoms with Crippen molar-refractivity contribution < 1.29 is 29.1 Å². The Bertz CT molecular complexity index is 922. The fraction of sp³-hybridized carbons (Fsp3) is 0.824. The summed E-state index contributed by atoms with van der Waals surface area (Å²) in [6.45, 7) is 5.51. The SMILES string of the molecule is CCCCCCCCCCCCCCCC(=O)N[C@@H](CCCN=C(N)N)C(=O)C[C@@H](CCC(N)=O)C(=O)N[C@H](C(=O)CC)[C@@H](C)O. The van der Waals surface area contributed by atoms with Crippen molar-refractivity contribution in [2.75, 3.05) is 6.54 Å². The number of ketones is 2. The maximum absolute atomic E-state index is 13.5. The van der Waals surface area contributed by atoms with E-state index in [4.69, 9.17) is 17.2 Å². The van der Waals surface area contributed by atoms with Crippen molar-refractivity contribution in [3.63, 3.8) is 0 Å². The largest absolute Gasteiger partial charge is 0.391 e. The number of aliphatic imine (C=N–C) groups is 1. The number of aliphatic hydroxyl groups is 1. The van der Waals surface area contributed by atoms with Gasteiger partial charge in [0.15, 0.2) is 17.5 Å². The number of primary amides is 1. The molecule has 0 rings (SSSR count). The normalized spacial score (nSPS) is 13.7. The molecule has 0 aromatic rings. The lowest BCUT2D eigenvalue weighted by molar-refractivity contribution is -0.135. The quantitative estimate of drug-likeness (QED) is 0.0381. The van der Waals surface area contributed by atoms with Crippen LogP contribution in [0.1, 0.15) is 149 Å². The van der Waals surface area contributed by atoms with E-state index < -0.39 is 35.9 Å². The highest BCUT2D eigenvalue weighted by Crippen LogP contribution is 2.17. The molecular formula is C34H64N6O6. The van der Waals surface area contributed by atoms with E-state index in [0.29, 0.717) is 12.8 Å². The number of guanidine groups is 1. The molecule has 0 heterocycles. The molecular weight excluding hydrogens is 588 g/mol. The van der Waals surface area contributed by atoms with Crippen molar-refractivity contribution in [1.82, 2.24) is 10.6 Å². The molecule has 266 valence electrons. The Balaban J connectivity index is 5.04. The number of hydrogen-bond acceptors (Lipinski definition) is 7. The van der Waals surface area contributed by atoms with Gasteiger partial charge < -0.3 is 32.9 Å². The Hall–Kier alpha value is -3.02. The molecule has 0 fully saturated rings. The van der Waals surface area contributed by atoms with Crippen LogP contribution < -0.4 is 27.8 Å². The monoisotopic (exact) mass is 652 g/mol. The third-order valence-electron chi connectivity index (χ3n) is 8.21. The Kier molecular flexibility index (Phi) is 25.3. The van der Waals surface area contributed by atoms with E-state index in [-0.39, 0.29) is 68.5 Å². The van der Waals surface area contributed by atoms with Crippen LogP contribution in [0.5, 0.6) is 0 Å². The third kappa shape index (κ3) is 22.5. The Morgan fingerprint density at radius 1 is 0.696 bits per heavy atom. The van der Waals surface area contributed by atoms with Gasteiger partial charge in [0.05, 0.1) is 12.1 Å². The lowest BCUT2D eigenvalue weighted by atomic mass is 9.91. The number of aliphatic hydroxyl groups excluding tert-OH is 1. The fourth-order valence-electron chi connectivity index (χ4n) is 5.38. The van der Waals surface area contributed by atoms with E-state index in [0.717, 1.165) is 19.3 Å². The molecule has 0 aliphatic carbocycles. The Morgan fingerprint density at radius 3 is 1.72 bits per heavy atom. The third-order valence-corrected chi connectivity index (χ3v) is 8.21. The van der Waals surface area contributed by atoms with Crippen LogP contribution in [0.25, 0.3) is 0 Å². The van der Waals surface area contributed by atoms with Crippen LogP contribution in [0.15, 0.2) is 4.99 Å². The van der Waals surface area contributed by atoms with E-state index in [9.17, 15) is 29.1 Å².